The first-order valence-electron chi connectivity index (χ1n) is 9.92. The van der Waals surface area contributed by atoms with Gasteiger partial charge in [0.15, 0.2) is 11.5 Å². The highest BCUT2D eigenvalue weighted by molar-refractivity contribution is 5.92. The van der Waals surface area contributed by atoms with Crippen LogP contribution in [0.5, 0.6) is 11.5 Å². The van der Waals surface area contributed by atoms with Crippen molar-refractivity contribution < 1.29 is 9.47 Å². The van der Waals surface area contributed by atoms with E-state index in [-0.39, 0.29) is 0 Å². The zero-order valence-corrected chi connectivity index (χ0v) is 16.0. The van der Waals surface area contributed by atoms with Crippen LogP contribution in [-0.2, 0) is 0 Å². The van der Waals surface area contributed by atoms with E-state index in [9.17, 15) is 0 Å². The average Bonchev–Trinajstić information content (AvgIpc) is 2.74. The number of fused-ring (bicyclic) bond motifs is 1. The van der Waals surface area contributed by atoms with Gasteiger partial charge in [-0.2, -0.15) is 0 Å². The van der Waals surface area contributed by atoms with E-state index in [1.54, 1.807) is 13.4 Å². The molecule has 1 N–H and O–H groups in total. The van der Waals surface area contributed by atoms with Crippen molar-refractivity contribution in [2.45, 2.75) is 31.7 Å². The molecule has 2 aliphatic heterocycles. The van der Waals surface area contributed by atoms with Gasteiger partial charge in [-0.3, -0.25) is 0 Å². The van der Waals surface area contributed by atoms with Crippen molar-refractivity contribution in [1.82, 2.24) is 20.6 Å². The summed E-state index contributed by atoms with van der Waals surface area (Å²) in [5.74, 6) is 2.43. The van der Waals surface area contributed by atoms with Crippen molar-refractivity contribution >= 4 is 16.7 Å². The molecular formula is C20H28N5O2. The minimum atomic E-state index is 0.559. The van der Waals surface area contributed by atoms with Gasteiger partial charge < -0.3 is 19.7 Å². The van der Waals surface area contributed by atoms with E-state index in [0.29, 0.717) is 12.6 Å². The Labute approximate surface area is 160 Å². The maximum absolute atomic E-state index is 6.07. The maximum atomic E-state index is 6.07. The first-order chi connectivity index (χ1) is 13.3. The molecule has 1 aromatic heterocycles. The Hall–Kier alpha value is -2.12. The third kappa shape index (κ3) is 4.25. The lowest BCUT2D eigenvalue weighted by atomic mass is 10.0. The summed E-state index contributed by atoms with van der Waals surface area (Å²) in [6, 6.07) is 4.54. The molecule has 0 amide bonds. The average molecular weight is 370 g/mol. The van der Waals surface area contributed by atoms with Crippen LogP contribution in [0.2, 0.25) is 0 Å². The van der Waals surface area contributed by atoms with Gasteiger partial charge in [-0.05, 0) is 31.9 Å². The van der Waals surface area contributed by atoms with E-state index in [1.807, 2.05) is 12.1 Å². The SMILES string of the molecule is COc1cc2c(N3CC[N]CC3)ncnc2cc1OCCC1CCCCN1. The molecule has 27 heavy (non-hydrogen) atoms. The number of rotatable bonds is 6. The van der Waals surface area contributed by atoms with Gasteiger partial charge >= 0.3 is 0 Å². The summed E-state index contributed by atoms with van der Waals surface area (Å²) in [4.78, 5) is 11.3. The second-order valence-electron chi connectivity index (χ2n) is 7.16. The van der Waals surface area contributed by atoms with E-state index in [2.05, 4.69) is 25.5 Å². The highest BCUT2D eigenvalue weighted by atomic mass is 16.5. The lowest BCUT2D eigenvalue weighted by molar-refractivity contribution is 0.257. The quantitative estimate of drug-likeness (QED) is 0.838. The number of hydrogen-bond acceptors (Lipinski definition) is 6. The van der Waals surface area contributed by atoms with Crippen molar-refractivity contribution in [3.63, 3.8) is 0 Å². The molecule has 2 saturated heterocycles. The topological polar surface area (TPSA) is 73.6 Å². The fourth-order valence-electron chi connectivity index (χ4n) is 3.87. The van der Waals surface area contributed by atoms with Crippen molar-refractivity contribution in [1.29, 1.82) is 0 Å². The molecule has 1 radical (unpaired) electrons. The Bertz CT molecular complexity index is 757. The van der Waals surface area contributed by atoms with Crippen LogP contribution in [0.3, 0.4) is 0 Å². The molecule has 0 saturated carbocycles. The van der Waals surface area contributed by atoms with Crippen LogP contribution < -0.4 is 25.0 Å². The van der Waals surface area contributed by atoms with Crippen LogP contribution in [0.4, 0.5) is 5.82 Å². The number of hydrogen-bond donors (Lipinski definition) is 1. The number of nitrogens with zero attached hydrogens (tertiary/aromatic N) is 4. The lowest BCUT2D eigenvalue weighted by Crippen LogP contribution is -2.40. The van der Waals surface area contributed by atoms with E-state index in [1.165, 1.54) is 19.3 Å². The second-order valence-corrected chi connectivity index (χ2v) is 7.16. The summed E-state index contributed by atoms with van der Waals surface area (Å²) < 4.78 is 11.7. The van der Waals surface area contributed by atoms with E-state index in [0.717, 1.165) is 67.4 Å². The van der Waals surface area contributed by atoms with Gasteiger partial charge in [0.05, 0.1) is 19.2 Å². The Kier molecular flexibility index (Phi) is 5.89. The van der Waals surface area contributed by atoms with Crippen LogP contribution in [-0.4, -0.2) is 62.5 Å². The van der Waals surface area contributed by atoms with E-state index in [4.69, 9.17) is 9.47 Å². The molecule has 2 aliphatic rings. The zero-order chi connectivity index (χ0) is 18.5. The Morgan fingerprint density at radius 1 is 1.15 bits per heavy atom. The molecule has 0 bridgehead atoms. The minimum Gasteiger partial charge on any atom is -0.493 e. The molecule has 1 atom stereocenters. The van der Waals surface area contributed by atoms with Gasteiger partial charge in [0.25, 0.3) is 0 Å². The smallest absolute Gasteiger partial charge is 0.163 e. The number of ether oxygens (including phenoxy) is 2. The lowest BCUT2D eigenvalue weighted by Gasteiger charge is -2.28. The standard InChI is InChI=1S/C20H28N5O2/c1-26-18-12-16-17(23-14-24-20(16)25-9-7-21-8-10-25)13-19(18)27-11-5-15-4-2-3-6-22-15/h12-15,22H,2-11H2,1H3. The number of piperazine rings is 1. The molecule has 2 aromatic rings. The Balaban J connectivity index is 1.52. The minimum absolute atomic E-state index is 0.559. The highest BCUT2D eigenvalue weighted by Gasteiger charge is 2.18. The van der Waals surface area contributed by atoms with Crippen molar-refractivity contribution in [3.05, 3.63) is 18.5 Å². The molecule has 0 spiro atoms. The van der Waals surface area contributed by atoms with E-state index >= 15 is 0 Å². The van der Waals surface area contributed by atoms with Crippen molar-refractivity contribution in [2.24, 2.45) is 0 Å². The zero-order valence-electron chi connectivity index (χ0n) is 16.0. The van der Waals surface area contributed by atoms with Gasteiger partial charge in [0, 0.05) is 43.7 Å². The Morgan fingerprint density at radius 2 is 2.04 bits per heavy atom. The fourth-order valence-corrected chi connectivity index (χ4v) is 3.87. The Morgan fingerprint density at radius 3 is 2.81 bits per heavy atom. The molecule has 1 aromatic carbocycles. The first kappa shape index (κ1) is 18.3. The molecular weight excluding hydrogens is 342 g/mol. The third-order valence-electron chi connectivity index (χ3n) is 5.39. The predicted molar refractivity (Wildman–Crippen MR) is 106 cm³/mol. The van der Waals surface area contributed by atoms with Crippen LogP contribution in [0.1, 0.15) is 25.7 Å². The normalized spacial score (nSPS) is 20.6. The number of nitrogens with one attached hydrogen (secondary N) is 1. The number of benzene rings is 1. The number of anilines is 1. The van der Waals surface area contributed by atoms with Crippen LogP contribution in [0.15, 0.2) is 18.5 Å². The molecule has 3 heterocycles. The van der Waals surface area contributed by atoms with Gasteiger partial charge in [0.2, 0.25) is 0 Å². The first-order valence-corrected chi connectivity index (χ1v) is 9.92. The van der Waals surface area contributed by atoms with Crippen LogP contribution in [0.25, 0.3) is 10.9 Å². The summed E-state index contributed by atoms with van der Waals surface area (Å²) in [6.45, 7) is 5.26. The largest absolute Gasteiger partial charge is 0.493 e. The molecule has 0 aliphatic carbocycles. The molecule has 145 valence electrons. The second kappa shape index (κ2) is 8.71. The summed E-state index contributed by atoms with van der Waals surface area (Å²) in [7, 11) is 1.68. The van der Waals surface area contributed by atoms with Gasteiger partial charge in [-0.1, -0.05) is 6.42 Å². The maximum Gasteiger partial charge on any atom is 0.163 e. The number of methoxy groups -OCH3 is 1. The molecule has 1 unspecified atom stereocenters. The molecule has 2 fully saturated rings. The monoisotopic (exact) mass is 370 g/mol. The summed E-state index contributed by atoms with van der Waals surface area (Å²) in [5.41, 5.74) is 0.883. The molecule has 7 nitrogen and oxygen atoms in total. The summed E-state index contributed by atoms with van der Waals surface area (Å²) >= 11 is 0. The number of aromatic nitrogens is 2. The third-order valence-corrected chi connectivity index (χ3v) is 5.39. The predicted octanol–water partition coefficient (Wildman–Crippen LogP) is 1.97. The number of piperidine rings is 1. The highest BCUT2D eigenvalue weighted by Crippen LogP contribution is 2.35. The van der Waals surface area contributed by atoms with Crippen molar-refractivity contribution in [3.8, 4) is 11.5 Å². The van der Waals surface area contributed by atoms with Crippen molar-refractivity contribution in [2.75, 3.05) is 51.3 Å². The summed E-state index contributed by atoms with van der Waals surface area (Å²) in [6.07, 6.45) is 6.46. The van der Waals surface area contributed by atoms with Gasteiger partial charge in [-0.25, -0.2) is 15.3 Å². The van der Waals surface area contributed by atoms with Gasteiger partial charge in [-0.15, -0.1) is 0 Å². The van der Waals surface area contributed by atoms with Gasteiger partial charge in [0.1, 0.15) is 12.1 Å². The van der Waals surface area contributed by atoms with E-state index < -0.39 is 0 Å². The molecule has 4 rings (SSSR count). The van der Waals surface area contributed by atoms with Crippen LogP contribution in [0, 0.1) is 0 Å². The fraction of sp³-hybridized carbons (Fsp3) is 0.600. The van der Waals surface area contributed by atoms with Crippen LogP contribution >= 0.6 is 0 Å². The summed E-state index contributed by atoms with van der Waals surface area (Å²) in [5, 5.41) is 8.98. The molecule has 7 heteroatoms.